The van der Waals surface area contributed by atoms with Crippen LogP contribution in [0, 0.1) is 0 Å². The number of hydrogen-bond acceptors (Lipinski definition) is 1. The maximum absolute atomic E-state index is 3.91. The standard InChI is InChI=1S/C7H7N/c1-6-3-4-7(2)8-5-6/h3-5H,1-2H2. The predicted molar refractivity (Wildman–Crippen MR) is 34.5 cm³/mol. The van der Waals surface area contributed by atoms with Crippen LogP contribution in [0.25, 0.3) is 13.2 Å². The van der Waals surface area contributed by atoms with Crippen LogP contribution >= 0.6 is 0 Å². The third-order valence-electron chi connectivity index (χ3n) is 0.886. The Balaban J connectivity index is 3.44. The molecular weight excluding hydrogens is 98.1 g/mol. The Bertz CT molecular complexity index is 212. The van der Waals surface area contributed by atoms with Gasteiger partial charge in [-0.05, 0) is 11.3 Å². The Morgan fingerprint density at radius 1 is 1.25 bits per heavy atom. The Kier molecular flexibility index (Phi) is 1.12. The molecule has 0 aromatic carbocycles. The normalized spacial score (nSPS) is 9.00. The first kappa shape index (κ1) is 5.04. The molecule has 0 aliphatic heterocycles. The van der Waals surface area contributed by atoms with Crippen molar-refractivity contribution in [3.63, 3.8) is 0 Å². The van der Waals surface area contributed by atoms with E-state index in [1.807, 2.05) is 12.1 Å². The van der Waals surface area contributed by atoms with Gasteiger partial charge in [-0.2, -0.15) is 0 Å². The molecule has 0 aliphatic rings. The monoisotopic (exact) mass is 105 g/mol. The molecule has 0 aliphatic carbocycles. The van der Waals surface area contributed by atoms with Crippen molar-refractivity contribution in [2.45, 2.75) is 0 Å². The zero-order valence-corrected chi connectivity index (χ0v) is 4.59. The average molecular weight is 105 g/mol. The van der Waals surface area contributed by atoms with E-state index in [1.54, 1.807) is 6.20 Å². The van der Waals surface area contributed by atoms with E-state index >= 15 is 0 Å². The van der Waals surface area contributed by atoms with Crippen LogP contribution in [-0.2, 0) is 0 Å². The molecule has 0 radical (unpaired) electrons. The first-order valence-corrected chi connectivity index (χ1v) is 2.39. The molecule has 1 nitrogen and oxygen atoms in total. The Morgan fingerprint density at radius 3 is 2.38 bits per heavy atom. The highest BCUT2D eigenvalue weighted by atomic mass is 14.6. The van der Waals surface area contributed by atoms with Crippen LogP contribution in [0.15, 0.2) is 18.3 Å². The van der Waals surface area contributed by atoms with E-state index in [4.69, 9.17) is 0 Å². The van der Waals surface area contributed by atoms with Crippen LogP contribution in [0.1, 0.15) is 0 Å². The lowest BCUT2D eigenvalue weighted by molar-refractivity contribution is 1.24. The average Bonchev–Trinajstić information content (AvgIpc) is 1.77. The molecule has 1 rings (SSSR count). The Labute approximate surface area is 48.0 Å². The van der Waals surface area contributed by atoms with Gasteiger partial charge >= 0.3 is 0 Å². The molecule has 0 unspecified atom stereocenters. The van der Waals surface area contributed by atoms with Gasteiger partial charge in [0.2, 0.25) is 0 Å². The summed E-state index contributed by atoms with van der Waals surface area (Å²) in [7, 11) is 0. The lowest BCUT2D eigenvalue weighted by Crippen LogP contribution is -2.08. The van der Waals surface area contributed by atoms with Gasteiger partial charge in [-0.25, -0.2) is 0 Å². The highest BCUT2D eigenvalue weighted by Gasteiger charge is 1.70. The number of aromatic nitrogens is 1. The van der Waals surface area contributed by atoms with Crippen LogP contribution in [-0.4, -0.2) is 4.98 Å². The quantitative estimate of drug-likeness (QED) is 0.449. The van der Waals surface area contributed by atoms with Crippen LogP contribution in [0.3, 0.4) is 0 Å². The van der Waals surface area contributed by atoms with Gasteiger partial charge in [-0.3, -0.25) is 4.98 Å². The minimum absolute atomic E-state index is 0.789. The first-order valence-electron chi connectivity index (χ1n) is 2.39. The summed E-state index contributed by atoms with van der Waals surface area (Å²) in [5.41, 5.74) is 0. The van der Waals surface area contributed by atoms with Gasteiger partial charge in [0, 0.05) is 6.20 Å². The molecule has 0 N–H and O–H groups in total. The van der Waals surface area contributed by atoms with Crippen molar-refractivity contribution in [3.8, 4) is 0 Å². The molecule has 8 heavy (non-hydrogen) atoms. The summed E-state index contributed by atoms with van der Waals surface area (Å²) in [5, 5.41) is 1.72. The molecule has 1 aromatic heterocycles. The summed E-state index contributed by atoms with van der Waals surface area (Å²) in [6, 6.07) is 3.72. The largest absolute Gasteiger partial charge is 0.257 e. The molecule has 0 saturated carbocycles. The van der Waals surface area contributed by atoms with E-state index in [0.29, 0.717) is 0 Å². The third kappa shape index (κ3) is 0.936. The summed E-state index contributed by atoms with van der Waals surface area (Å²) in [4.78, 5) is 3.91. The molecule has 0 bridgehead atoms. The van der Waals surface area contributed by atoms with Crippen molar-refractivity contribution in [1.29, 1.82) is 0 Å². The minimum Gasteiger partial charge on any atom is -0.257 e. The van der Waals surface area contributed by atoms with Gasteiger partial charge in [0.1, 0.15) is 0 Å². The number of pyridine rings is 1. The van der Waals surface area contributed by atoms with Crippen molar-refractivity contribution in [2.75, 3.05) is 0 Å². The SMILES string of the molecule is C=c1ccc(=C)nc1. The van der Waals surface area contributed by atoms with Crippen LogP contribution in [0.2, 0.25) is 0 Å². The van der Waals surface area contributed by atoms with Crippen molar-refractivity contribution in [3.05, 3.63) is 28.9 Å². The van der Waals surface area contributed by atoms with Gasteiger partial charge in [0.15, 0.2) is 0 Å². The highest BCUT2D eigenvalue weighted by molar-refractivity contribution is 5.06. The predicted octanol–water partition coefficient (Wildman–Crippen LogP) is -0.0978. The van der Waals surface area contributed by atoms with Gasteiger partial charge < -0.3 is 0 Å². The second kappa shape index (κ2) is 1.78. The minimum atomic E-state index is 0.789. The van der Waals surface area contributed by atoms with E-state index < -0.39 is 0 Å². The summed E-state index contributed by atoms with van der Waals surface area (Å²) >= 11 is 0. The van der Waals surface area contributed by atoms with Crippen molar-refractivity contribution in [2.24, 2.45) is 0 Å². The molecular formula is C7H7N. The Hall–Kier alpha value is -1.11. The molecule has 0 amide bonds. The van der Waals surface area contributed by atoms with E-state index in [0.717, 1.165) is 10.6 Å². The van der Waals surface area contributed by atoms with Gasteiger partial charge in [0.25, 0.3) is 0 Å². The number of rotatable bonds is 0. The van der Waals surface area contributed by atoms with E-state index in [9.17, 15) is 0 Å². The lowest BCUT2D eigenvalue weighted by atomic mass is 10.4. The summed E-state index contributed by atoms with van der Waals surface area (Å²) in [6.07, 6.45) is 1.70. The third-order valence-corrected chi connectivity index (χ3v) is 0.886. The van der Waals surface area contributed by atoms with Crippen LogP contribution in [0.5, 0.6) is 0 Å². The van der Waals surface area contributed by atoms with Gasteiger partial charge in [-0.1, -0.05) is 19.2 Å². The Morgan fingerprint density at radius 2 is 2.00 bits per heavy atom. The maximum atomic E-state index is 3.91. The first-order chi connectivity index (χ1) is 3.79. The summed E-state index contributed by atoms with van der Waals surface area (Å²) < 4.78 is 0. The van der Waals surface area contributed by atoms with Gasteiger partial charge in [-0.15, -0.1) is 0 Å². The van der Waals surface area contributed by atoms with Gasteiger partial charge in [0.05, 0.1) is 5.35 Å². The summed E-state index contributed by atoms with van der Waals surface area (Å²) in [6.45, 7) is 7.29. The lowest BCUT2D eigenvalue weighted by Gasteiger charge is -1.78. The number of nitrogens with zero attached hydrogens (tertiary/aromatic N) is 1. The number of hydrogen-bond donors (Lipinski definition) is 0. The molecule has 40 valence electrons. The van der Waals surface area contributed by atoms with E-state index in [2.05, 4.69) is 18.1 Å². The van der Waals surface area contributed by atoms with Crippen molar-refractivity contribution >= 4 is 13.2 Å². The summed E-state index contributed by atoms with van der Waals surface area (Å²) in [5.74, 6) is 0. The molecule has 0 saturated heterocycles. The second-order valence-electron chi connectivity index (χ2n) is 1.66. The zero-order chi connectivity index (χ0) is 5.98. The van der Waals surface area contributed by atoms with E-state index in [1.165, 1.54) is 0 Å². The van der Waals surface area contributed by atoms with E-state index in [-0.39, 0.29) is 0 Å². The fraction of sp³-hybridized carbons (Fsp3) is 0. The molecule has 0 atom stereocenters. The molecule has 0 spiro atoms. The zero-order valence-electron chi connectivity index (χ0n) is 4.59. The molecule has 1 heterocycles. The van der Waals surface area contributed by atoms with Crippen LogP contribution in [0.4, 0.5) is 0 Å². The molecule has 1 aromatic rings. The topological polar surface area (TPSA) is 12.9 Å². The maximum Gasteiger partial charge on any atom is 0.0558 e. The van der Waals surface area contributed by atoms with Crippen molar-refractivity contribution in [1.82, 2.24) is 4.98 Å². The second-order valence-corrected chi connectivity index (χ2v) is 1.66. The highest BCUT2D eigenvalue weighted by Crippen LogP contribution is 1.56. The molecule has 1 heteroatoms. The van der Waals surface area contributed by atoms with Crippen molar-refractivity contribution < 1.29 is 0 Å². The fourth-order valence-corrected chi connectivity index (χ4v) is 0.455. The van der Waals surface area contributed by atoms with Crippen LogP contribution < -0.4 is 10.6 Å². The molecule has 0 fully saturated rings. The fourth-order valence-electron chi connectivity index (χ4n) is 0.455. The smallest absolute Gasteiger partial charge is 0.0558 e.